The summed E-state index contributed by atoms with van der Waals surface area (Å²) in [5, 5.41) is -2.44. The summed E-state index contributed by atoms with van der Waals surface area (Å²) >= 11 is 0. The average Bonchev–Trinajstić information content (AvgIpc) is 2.63. The lowest BCUT2D eigenvalue weighted by atomic mass is 9.83. The highest BCUT2D eigenvalue weighted by molar-refractivity contribution is 5.96. The third-order valence-corrected chi connectivity index (χ3v) is 4.44. The van der Waals surface area contributed by atoms with Crippen LogP contribution in [0.4, 0.5) is 52.7 Å². The Bertz CT molecular complexity index is 1020. The maximum atomic E-state index is 14.8. The first-order chi connectivity index (χ1) is 13.9. The molecule has 0 N–H and O–H groups in total. The number of fused-ring (bicyclic) bond motifs is 1. The average molecular weight is 466 g/mol. The molecule has 0 aromatic heterocycles. The van der Waals surface area contributed by atoms with Gasteiger partial charge in [0.25, 0.3) is 0 Å². The van der Waals surface area contributed by atoms with Crippen LogP contribution in [0.5, 0.6) is 0 Å². The monoisotopic (exact) mass is 466 g/mol. The lowest BCUT2D eigenvalue weighted by Gasteiger charge is -2.35. The van der Waals surface area contributed by atoms with Gasteiger partial charge in [-0.3, -0.25) is 0 Å². The zero-order valence-electron chi connectivity index (χ0n) is 14.9. The van der Waals surface area contributed by atoms with Crippen molar-refractivity contribution in [2.75, 3.05) is 0 Å². The number of benzene rings is 2. The Kier molecular flexibility index (Phi) is 5.71. The lowest BCUT2D eigenvalue weighted by Crippen LogP contribution is -2.59. The fourth-order valence-corrected chi connectivity index (χ4v) is 3.08. The predicted molar refractivity (Wildman–Crippen MR) is 89.0 cm³/mol. The highest BCUT2D eigenvalue weighted by atomic mass is 19.4. The maximum absolute atomic E-state index is 14.8. The van der Waals surface area contributed by atoms with Gasteiger partial charge in [-0.1, -0.05) is 49.6 Å². The van der Waals surface area contributed by atoms with E-state index >= 15 is 0 Å². The van der Waals surface area contributed by atoms with Crippen LogP contribution in [0.3, 0.4) is 0 Å². The van der Waals surface area contributed by atoms with Crippen LogP contribution in [0.15, 0.2) is 37.4 Å². The molecule has 0 heterocycles. The van der Waals surface area contributed by atoms with Crippen LogP contribution in [-0.4, -0.2) is 18.0 Å². The highest BCUT2D eigenvalue weighted by Gasteiger charge is 2.82. The van der Waals surface area contributed by atoms with Crippen molar-refractivity contribution in [2.24, 2.45) is 0 Å². The van der Waals surface area contributed by atoms with E-state index < -0.39 is 63.1 Å². The fourth-order valence-electron chi connectivity index (χ4n) is 3.08. The minimum Gasteiger partial charge on any atom is -0.194 e. The summed E-state index contributed by atoms with van der Waals surface area (Å²) in [6, 6.07) is 2.78. The van der Waals surface area contributed by atoms with E-state index in [0.29, 0.717) is 18.2 Å². The number of hydrogen-bond acceptors (Lipinski definition) is 0. The Morgan fingerprint density at radius 3 is 1.32 bits per heavy atom. The van der Waals surface area contributed by atoms with Gasteiger partial charge in [0, 0.05) is 5.56 Å². The number of hydrogen-bond donors (Lipinski definition) is 0. The molecule has 0 aliphatic carbocycles. The molecule has 0 aliphatic heterocycles. The molecule has 0 radical (unpaired) electrons. The maximum Gasteiger partial charge on any atom is 0.460 e. The van der Waals surface area contributed by atoms with Gasteiger partial charge < -0.3 is 0 Å². The molecule has 0 bridgehead atoms. The van der Waals surface area contributed by atoms with Gasteiger partial charge in [-0.15, -0.1) is 0 Å². The second-order valence-corrected chi connectivity index (χ2v) is 6.25. The van der Waals surface area contributed by atoms with E-state index in [9.17, 15) is 52.7 Å². The van der Waals surface area contributed by atoms with Crippen molar-refractivity contribution < 1.29 is 52.7 Å². The molecular formula is C19H10F12. The summed E-state index contributed by atoms with van der Waals surface area (Å²) < 4.78 is 163. The zero-order valence-corrected chi connectivity index (χ0v) is 14.9. The van der Waals surface area contributed by atoms with Gasteiger partial charge in [-0.2, -0.15) is 52.7 Å². The molecule has 0 saturated carbocycles. The van der Waals surface area contributed by atoms with E-state index in [1.165, 1.54) is 0 Å². The van der Waals surface area contributed by atoms with Crippen molar-refractivity contribution in [3.8, 4) is 0 Å². The quantitative estimate of drug-likeness (QED) is 0.391. The molecule has 0 spiro atoms. The van der Waals surface area contributed by atoms with Gasteiger partial charge in [-0.25, -0.2) is 0 Å². The van der Waals surface area contributed by atoms with Gasteiger partial charge in [0.05, 0.1) is 5.56 Å². The van der Waals surface area contributed by atoms with Crippen LogP contribution in [-0.2, 0) is 12.1 Å². The Morgan fingerprint density at radius 2 is 0.968 bits per heavy atom. The number of alkyl halides is 12. The molecule has 2 aromatic rings. The molecule has 0 unspecified atom stereocenters. The summed E-state index contributed by atoms with van der Waals surface area (Å²) in [6.45, 7) is 5.92. The fraction of sp³-hybridized carbons (Fsp3) is 0.263. The standard InChI is InChI=1S/C19H10F12/c1-3-9-10(4-2)14(16(22,23)24)12-8-6-5-7-11(12)13(9)15(20,21)17(25,26)18(27,28)19(29,30)31/h3-8H,1-2H2. The summed E-state index contributed by atoms with van der Waals surface area (Å²) in [4.78, 5) is 0. The smallest absolute Gasteiger partial charge is 0.194 e. The van der Waals surface area contributed by atoms with E-state index in [1.807, 2.05) is 0 Å². The predicted octanol–water partition coefficient (Wildman–Crippen LogP) is 8.07. The lowest BCUT2D eigenvalue weighted by molar-refractivity contribution is -0.399. The van der Waals surface area contributed by atoms with Crippen molar-refractivity contribution in [3.05, 3.63) is 59.7 Å². The summed E-state index contributed by atoms with van der Waals surface area (Å²) in [7, 11) is 0. The topological polar surface area (TPSA) is 0 Å². The van der Waals surface area contributed by atoms with E-state index in [-0.39, 0.29) is 6.08 Å². The van der Waals surface area contributed by atoms with Crippen LogP contribution < -0.4 is 0 Å². The van der Waals surface area contributed by atoms with Crippen LogP contribution in [0.25, 0.3) is 22.9 Å². The largest absolute Gasteiger partial charge is 0.460 e. The molecule has 0 nitrogen and oxygen atoms in total. The molecule has 2 aromatic carbocycles. The minimum atomic E-state index is -7.22. The molecule has 0 atom stereocenters. The van der Waals surface area contributed by atoms with Crippen LogP contribution in [0.1, 0.15) is 22.3 Å². The highest BCUT2D eigenvalue weighted by Crippen LogP contribution is 2.59. The second kappa shape index (κ2) is 7.20. The molecule has 0 saturated heterocycles. The molecular weight excluding hydrogens is 456 g/mol. The molecule has 31 heavy (non-hydrogen) atoms. The molecule has 2 rings (SSSR count). The Labute approximate surface area is 166 Å². The van der Waals surface area contributed by atoms with E-state index in [1.54, 1.807) is 0 Å². The summed E-state index contributed by atoms with van der Waals surface area (Å²) in [5.74, 6) is -20.6. The van der Waals surface area contributed by atoms with Gasteiger partial charge in [0.15, 0.2) is 0 Å². The Balaban J connectivity index is 3.14. The van der Waals surface area contributed by atoms with Gasteiger partial charge in [0.2, 0.25) is 0 Å². The first kappa shape index (κ1) is 24.6. The first-order valence-electron chi connectivity index (χ1n) is 7.99. The molecule has 0 aliphatic rings. The molecule has 12 heteroatoms. The van der Waals surface area contributed by atoms with Crippen LogP contribution >= 0.6 is 0 Å². The molecule has 170 valence electrons. The van der Waals surface area contributed by atoms with Crippen LogP contribution in [0.2, 0.25) is 0 Å². The van der Waals surface area contributed by atoms with E-state index in [4.69, 9.17) is 0 Å². The Hall–Kier alpha value is -2.66. The third kappa shape index (κ3) is 3.45. The second-order valence-electron chi connectivity index (χ2n) is 6.25. The molecule has 0 amide bonds. The van der Waals surface area contributed by atoms with E-state index in [0.717, 1.165) is 12.1 Å². The van der Waals surface area contributed by atoms with Crippen molar-refractivity contribution in [3.63, 3.8) is 0 Å². The third-order valence-electron chi connectivity index (χ3n) is 4.44. The summed E-state index contributed by atoms with van der Waals surface area (Å²) in [6.07, 6.45) is -11.8. The first-order valence-corrected chi connectivity index (χ1v) is 7.99. The van der Waals surface area contributed by atoms with E-state index in [2.05, 4.69) is 13.2 Å². The molecule has 0 fully saturated rings. The number of rotatable bonds is 5. The Morgan fingerprint density at radius 1 is 0.581 bits per heavy atom. The normalized spacial score (nSPS) is 14.1. The van der Waals surface area contributed by atoms with Gasteiger partial charge in [-0.05, 0) is 21.9 Å². The van der Waals surface area contributed by atoms with Crippen molar-refractivity contribution in [2.45, 2.75) is 30.1 Å². The van der Waals surface area contributed by atoms with Crippen molar-refractivity contribution in [1.29, 1.82) is 0 Å². The summed E-state index contributed by atoms with van der Waals surface area (Å²) in [5.41, 5.74) is -6.45. The zero-order chi connectivity index (χ0) is 24.2. The van der Waals surface area contributed by atoms with Gasteiger partial charge >= 0.3 is 30.1 Å². The van der Waals surface area contributed by atoms with Crippen LogP contribution in [0, 0.1) is 0 Å². The number of halogens is 12. The minimum absolute atomic E-state index is 0.226. The SMILES string of the molecule is C=Cc1c(C=C)c(C(F)(F)C(F)(F)C(F)(F)C(F)(F)F)c2ccccc2c1C(F)(F)F. The van der Waals surface area contributed by atoms with Crippen molar-refractivity contribution >= 4 is 22.9 Å². The van der Waals surface area contributed by atoms with Crippen molar-refractivity contribution in [1.82, 2.24) is 0 Å². The van der Waals surface area contributed by atoms with Gasteiger partial charge in [0.1, 0.15) is 0 Å².